The lowest BCUT2D eigenvalue weighted by Crippen LogP contribution is -2.34. The van der Waals surface area contributed by atoms with Gasteiger partial charge in [0.2, 0.25) is 0 Å². The van der Waals surface area contributed by atoms with Gasteiger partial charge >= 0.3 is 0 Å². The van der Waals surface area contributed by atoms with Crippen LogP contribution in [-0.4, -0.2) is 22.3 Å². The summed E-state index contributed by atoms with van der Waals surface area (Å²) in [6, 6.07) is 11.6. The summed E-state index contributed by atoms with van der Waals surface area (Å²) >= 11 is 5.77. The maximum Gasteiger partial charge on any atom is 0.129 e. The number of pyridine rings is 1. The van der Waals surface area contributed by atoms with E-state index in [1.807, 2.05) is 30.3 Å². The molecule has 1 saturated carbocycles. The Kier molecular flexibility index (Phi) is 5.36. The first-order chi connectivity index (χ1) is 11.2. The van der Waals surface area contributed by atoms with E-state index in [9.17, 15) is 5.11 Å². The van der Waals surface area contributed by atoms with Gasteiger partial charge in [0.1, 0.15) is 17.0 Å². The topological polar surface area (TPSA) is 54.4 Å². The van der Waals surface area contributed by atoms with Gasteiger partial charge in [0, 0.05) is 18.4 Å². The van der Waals surface area contributed by atoms with E-state index in [-0.39, 0.29) is 12.2 Å². The molecule has 23 heavy (non-hydrogen) atoms. The monoisotopic (exact) mass is 332 g/mol. The summed E-state index contributed by atoms with van der Waals surface area (Å²) in [4.78, 5) is 4.06. The maximum atomic E-state index is 9.96. The Morgan fingerprint density at radius 2 is 1.91 bits per heavy atom. The fourth-order valence-corrected chi connectivity index (χ4v) is 2.87. The molecule has 1 fully saturated rings. The largest absolute Gasteiger partial charge is 0.488 e. The number of nitrogens with zero attached hydrogens (tertiary/aromatic N) is 1. The molecule has 0 bridgehead atoms. The zero-order valence-electron chi connectivity index (χ0n) is 12.9. The minimum Gasteiger partial charge on any atom is -0.488 e. The molecule has 2 atom stereocenters. The standard InChI is InChI=1S/C18H21ClN2O2/c19-18-10-5-13(12-21-18)11-20-14-6-8-15(9-7-14)23-17-4-2-1-3-16(17)22/h5-10,12,16-17,20,22H,1-4,11H2. The zero-order valence-corrected chi connectivity index (χ0v) is 13.7. The van der Waals surface area contributed by atoms with Crippen molar-refractivity contribution in [3.8, 4) is 5.75 Å². The Morgan fingerprint density at radius 1 is 1.13 bits per heavy atom. The first kappa shape index (κ1) is 16.1. The Hall–Kier alpha value is -1.78. The summed E-state index contributed by atoms with van der Waals surface area (Å²) in [5, 5.41) is 13.8. The van der Waals surface area contributed by atoms with Crippen LogP contribution in [0.2, 0.25) is 5.15 Å². The summed E-state index contributed by atoms with van der Waals surface area (Å²) < 4.78 is 5.90. The van der Waals surface area contributed by atoms with Crippen LogP contribution in [0.15, 0.2) is 42.6 Å². The van der Waals surface area contributed by atoms with E-state index in [2.05, 4.69) is 10.3 Å². The second-order valence-corrected chi connectivity index (χ2v) is 6.26. The molecule has 1 heterocycles. The van der Waals surface area contributed by atoms with E-state index in [4.69, 9.17) is 16.3 Å². The predicted octanol–water partition coefficient (Wildman–Crippen LogP) is 4.03. The van der Waals surface area contributed by atoms with Crippen molar-refractivity contribution in [3.63, 3.8) is 0 Å². The molecule has 0 aliphatic heterocycles. The zero-order chi connectivity index (χ0) is 16.1. The van der Waals surface area contributed by atoms with Gasteiger partial charge in [-0.05, 0) is 55.2 Å². The molecule has 0 spiro atoms. The van der Waals surface area contributed by atoms with Gasteiger partial charge in [0.25, 0.3) is 0 Å². The molecule has 122 valence electrons. The van der Waals surface area contributed by atoms with E-state index in [1.54, 1.807) is 12.3 Å². The first-order valence-corrected chi connectivity index (χ1v) is 8.37. The van der Waals surface area contributed by atoms with Gasteiger partial charge in [-0.1, -0.05) is 24.1 Å². The van der Waals surface area contributed by atoms with Crippen LogP contribution >= 0.6 is 11.6 Å². The van der Waals surface area contributed by atoms with Gasteiger partial charge in [-0.15, -0.1) is 0 Å². The van der Waals surface area contributed by atoms with Crippen LogP contribution in [0.4, 0.5) is 5.69 Å². The molecule has 0 saturated heterocycles. The number of hydrogen-bond donors (Lipinski definition) is 2. The van der Waals surface area contributed by atoms with Crippen LogP contribution in [0.25, 0.3) is 0 Å². The van der Waals surface area contributed by atoms with E-state index in [0.29, 0.717) is 11.7 Å². The fraction of sp³-hybridized carbons (Fsp3) is 0.389. The first-order valence-electron chi connectivity index (χ1n) is 8.00. The van der Waals surface area contributed by atoms with Crippen LogP contribution in [0.1, 0.15) is 31.2 Å². The highest BCUT2D eigenvalue weighted by molar-refractivity contribution is 6.29. The fourth-order valence-electron chi connectivity index (χ4n) is 2.76. The van der Waals surface area contributed by atoms with Crippen LogP contribution in [-0.2, 0) is 6.54 Å². The summed E-state index contributed by atoms with van der Waals surface area (Å²) in [6.07, 6.45) is 5.29. The van der Waals surface area contributed by atoms with Crippen LogP contribution in [0.3, 0.4) is 0 Å². The molecule has 1 aliphatic rings. The van der Waals surface area contributed by atoms with Crippen molar-refractivity contribution in [1.82, 2.24) is 4.98 Å². The van der Waals surface area contributed by atoms with Crippen molar-refractivity contribution in [2.45, 2.75) is 44.4 Å². The van der Waals surface area contributed by atoms with Gasteiger partial charge < -0.3 is 15.2 Å². The second kappa shape index (κ2) is 7.66. The molecule has 1 aromatic heterocycles. The summed E-state index contributed by atoms with van der Waals surface area (Å²) in [6.45, 7) is 0.686. The quantitative estimate of drug-likeness (QED) is 0.812. The van der Waals surface area contributed by atoms with Gasteiger partial charge in [-0.2, -0.15) is 0 Å². The third-order valence-corrected chi connectivity index (χ3v) is 4.32. The highest BCUT2D eigenvalue weighted by atomic mass is 35.5. The van der Waals surface area contributed by atoms with Crippen LogP contribution < -0.4 is 10.1 Å². The molecule has 2 N–H and O–H groups in total. The third-order valence-electron chi connectivity index (χ3n) is 4.09. The highest BCUT2D eigenvalue weighted by Crippen LogP contribution is 2.25. The number of halogens is 1. The molecule has 1 aromatic carbocycles. The number of aliphatic hydroxyl groups excluding tert-OH is 1. The lowest BCUT2D eigenvalue weighted by Gasteiger charge is -2.28. The molecular formula is C18H21ClN2O2. The van der Waals surface area contributed by atoms with E-state index in [1.165, 1.54) is 0 Å². The van der Waals surface area contributed by atoms with Gasteiger partial charge in [0.15, 0.2) is 0 Å². The normalized spacial score (nSPS) is 21.0. The average Bonchev–Trinajstić information content (AvgIpc) is 2.58. The average molecular weight is 333 g/mol. The Bertz CT molecular complexity index is 616. The molecule has 4 nitrogen and oxygen atoms in total. The van der Waals surface area contributed by atoms with Crippen molar-refractivity contribution in [2.24, 2.45) is 0 Å². The van der Waals surface area contributed by atoms with E-state index < -0.39 is 0 Å². The Morgan fingerprint density at radius 3 is 2.61 bits per heavy atom. The summed E-state index contributed by atoms with van der Waals surface area (Å²) in [5.41, 5.74) is 2.08. The number of aliphatic hydroxyl groups is 1. The molecule has 1 aliphatic carbocycles. The van der Waals surface area contributed by atoms with E-state index >= 15 is 0 Å². The van der Waals surface area contributed by atoms with Crippen molar-refractivity contribution in [2.75, 3.05) is 5.32 Å². The SMILES string of the molecule is OC1CCCCC1Oc1ccc(NCc2ccc(Cl)nc2)cc1. The number of benzene rings is 1. The van der Waals surface area contributed by atoms with Crippen molar-refractivity contribution >= 4 is 17.3 Å². The molecule has 2 aromatic rings. The smallest absolute Gasteiger partial charge is 0.129 e. The van der Waals surface area contributed by atoms with E-state index in [0.717, 1.165) is 42.7 Å². The van der Waals surface area contributed by atoms with Gasteiger partial charge in [0.05, 0.1) is 6.10 Å². The number of rotatable bonds is 5. The molecule has 5 heteroatoms. The lowest BCUT2D eigenvalue weighted by atomic mass is 9.95. The highest BCUT2D eigenvalue weighted by Gasteiger charge is 2.24. The predicted molar refractivity (Wildman–Crippen MR) is 91.9 cm³/mol. The molecule has 3 rings (SSSR count). The molecule has 0 radical (unpaired) electrons. The lowest BCUT2D eigenvalue weighted by molar-refractivity contribution is 0.00688. The van der Waals surface area contributed by atoms with Crippen molar-refractivity contribution < 1.29 is 9.84 Å². The van der Waals surface area contributed by atoms with Crippen LogP contribution in [0.5, 0.6) is 5.75 Å². The molecular weight excluding hydrogens is 312 g/mol. The minimum absolute atomic E-state index is 0.0808. The number of aromatic nitrogens is 1. The molecule has 0 amide bonds. The minimum atomic E-state index is -0.348. The second-order valence-electron chi connectivity index (χ2n) is 5.88. The third kappa shape index (κ3) is 4.60. The van der Waals surface area contributed by atoms with Crippen molar-refractivity contribution in [3.05, 3.63) is 53.3 Å². The number of ether oxygens (including phenoxy) is 1. The summed E-state index contributed by atoms with van der Waals surface area (Å²) in [5.74, 6) is 0.801. The Labute approximate surface area is 141 Å². The Balaban J connectivity index is 1.53. The van der Waals surface area contributed by atoms with Gasteiger partial charge in [-0.25, -0.2) is 4.98 Å². The van der Waals surface area contributed by atoms with Crippen molar-refractivity contribution in [1.29, 1.82) is 0 Å². The van der Waals surface area contributed by atoms with Crippen LogP contribution in [0, 0.1) is 0 Å². The summed E-state index contributed by atoms with van der Waals surface area (Å²) in [7, 11) is 0. The number of hydrogen-bond acceptors (Lipinski definition) is 4. The number of anilines is 1. The molecule has 2 unspecified atom stereocenters. The van der Waals surface area contributed by atoms with Gasteiger partial charge in [-0.3, -0.25) is 0 Å². The maximum absolute atomic E-state index is 9.96. The number of nitrogens with one attached hydrogen (secondary N) is 1.